The van der Waals surface area contributed by atoms with Crippen molar-refractivity contribution in [2.45, 2.75) is 20.8 Å². The molecule has 0 aliphatic carbocycles. The fourth-order valence-electron chi connectivity index (χ4n) is 0.891. The van der Waals surface area contributed by atoms with E-state index in [1.54, 1.807) is 18.3 Å². The second-order valence-corrected chi connectivity index (χ2v) is 2.44. The molecule has 15 heavy (non-hydrogen) atoms. The van der Waals surface area contributed by atoms with Crippen LogP contribution < -0.4 is 4.74 Å². The van der Waals surface area contributed by atoms with Crippen molar-refractivity contribution in [1.82, 2.24) is 4.98 Å². The van der Waals surface area contributed by atoms with Gasteiger partial charge in [0.15, 0.2) is 0 Å². The summed E-state index contributed by atoms with van der Waals surface area (Å²) in [6.45, 7) is 10.0. The van der Waals surface area contributed by atoms with E-state index in [-0.39, 0.29) is 0 Å². The van der Waals surface area contributed by atoms with Gasteiger partial charge >= 0.3 is 0 Å². The lowest BCUT2D eigenvalue weighted by atomic mass is 10.2. The topological polar surface area (TPSA) is 46.0 Å². The molecule has 0 unspecified atom stereocenters. The van der Waals surface area contributed by atoms with E-state index in [2.05, 4.69) is 11.6 Å². The molecule has 0 aliphatic rings. The molecule has 0 spiro atoms. The van der Waals surface area contributed by atoms with E-state index in [1.807, 2.05) is 20.8 Å². The van der Waals surface area contributed by atoms with Crippen LogP contribution >= 0.6 is 0 Å². The second kappa shape index (κ2) is 7.74. The van der Waals surface area contributed by atoms with Gasteiger partial charge in [-0.05, 0) is 19.1 Å². The van der Waals surface area contributed by atoms with Crippen molar-refractivity contribution in [2.24, 2.45) is 0 Å². The van der Waals surface area contributed by atoms with Gasteiger partial charge in [-0.2, -0.15) is 0 Å². The normalized spacial score (nSPS) is 8.47. The fourth-order valence-corrected chi connectivity index (χ4v) is 0.891. The van der Waals surface area contributed by atoms with Gasteiger partial charge in [0.05, 0.1) is 12.3 Å². The van der Waals surface area contributed by atoms with Crippen LogP contribution in [0.5, 0.6) is 5.88 Å². The molecule has 82 valence electrons. The number of hydrogen-bond donors (Lipinski definition) is 1. The number of pyridine rings is 1. The van der Waals surface area contributed by atoms with Crippen LogP contribution in [-0.4, -0.2) is 17.3 Å². The predicted octanol–water partition coefficient (Wildman–Crippen LogP) is 3.06. The number of allylic oxidation sites excluding steroid dienone is 1. The van der Waals surface area contributed by atoms with Gasteiger partial charge < -0.3 is 10.1 Å². The zero-order chi connectivity index (χ0) is 11.7. The Morgan fingerprint density at radius 3 is 2.60 bits per heavy atom. The molecule has 0 amide bonds. The molecule has 1 aromatic heterocycles. The summed E-state index contributed by atoms with van der Waals surface area (Å²) in [5.41, 5.74) is 1.12. The van der Waals surface area contributed by atoms with Crippen LogP contribution in [0, 0.1) is 5.41 Å². The third kappa shape index (κ3) is 4.40. The highest BCUT2D eigenvalue weighted by molar-refractivity contribution is 6.05. The van der Waals surface area contributed by atoms with Gasteiger partial charge in [0.2, 0.25) is 5.88 Å². The molecular formula is C12H18N2O. The Morgan fingerprint density at radius 1 is 1.53 bits per heavy atom. The van der Waals surface area contributed by atoms with Crippen LogP contribution in [0.25, 0.3) is 0 Å². The number of rotatable bonds is 4. The summed E-state index contributed by atoms with van der Waals surface area (Å²) in [4.78, 5) is 4.03. The highest BCUT2D eigenvalue weighted by Crippen LogP contribution is 2.07. The molecule has 0 bridgehead atoms. The third-order valence-corrected chi connectivity index (χ3v) is 1.54. The highest BCUT2D eigenvalue weighted by Gasteiger charge is 1.98. The summed E-state index contributed by atoms with van der Waals surface area (Å²) >= 11 is 0. The minimum atomic E-state index is 0.371. The number of aromatic nitrogens is 1. The average Bonchev–Trinajstić information content (AvgIpc) is 2.32. The van der Waals surface area contributed by atoms with Gasteiger partial charge in [0.1, 0.15) is 0 Å². The van der Waals surface area contributed by atoms with Gasteiger partial charge in [-0.15, -0.1) is 0 Å². The molecule has 1 heterocycles. The van der Waals surface area contributed by atoms with Crippen LogP contribution in [-0.2, 0) is 0 Å². The average molecular weight is 206 g/mol. The van der Waals surface area contributed by atoms with E-state index in [1.165, 1.54) is 6.08 Å². The van der Waals surface area contributed by atoms with Crippen LogP contribution in [0.2, 0.25) is 0 Å². The number of nitrogens with zero attached hydrogens (tertiary/aromatic N) is 1. The first kappa shape index (κ1) is 13.4. The summed E-state index contributed by atoms with van der Waals surface area (Å²) in [5.74, 6) is 0.586. The molecule has 1 rings (SSSR count). The SMILES string of the molecule is C=CC(=N)c1ccc(OCC)nc1.CC. The van der Waals surface area contributed by atoms with Crippen LogP contribution in [0.1, 0.15) is 26.3 Å². The van der Waals surface area contributed by atoms with Gasteiger partial charge in [-0.1, -0.05) is 20.4 Å². The second-order valence-electron chi connectivity index (χ2n) is 2.44. The molecule has 0 saturated carbocycles. The minimum absolute atomic E-state index is 0.371. The van der Waals surface area contributed by atoms with Gasteiger partial charge in [-0.3, -0.25) is 0 Å². The predicted molar refractivity (Wildman–Crippen MR) is 63.8 cm³/mol. The maximum atomic E-state index is 7.45. The van der Waals surface area contributed by atoms with Crippen molar-refractivity contribution < 1.29 is 4.74 Å². The highest BCUT2D eigenvalue weighted by atomic mass is 16.5. The number of hydrogen-bond acceptors (Lipinski definition) is 3. The van der Waals surface area contributed by atoms with Crippen molar-refractivity contribution in [3.8, 4) is 5.88 Å². The van der Waals surface area contributed by atoms with Gasteiger partial charge in [-0.25, -0.2) is 4.98 Å². The van der Waals surface area contributed by atoms with E-state index in [9.17, 15) is 0 Å². The van der Waals surface area contributed by atoms with Gasteiger partial charge in [0.25, 0.3) is 0 Å². The van der Waals surface area contributed by atoms with E-state index in [0.717, 1.165) is 5.56 Å². The molecule has 0 radical (unpaired) electrons. The molecule has 3 heteroatoms. The first-order valence-corrected chi connectivity index (χ1v) is 5.08. The van der Waals surface area contributed by atoms with Crippen molar-refractivity contribution >= 4 is 5.71 Å². The Labute approximate surface area is 91.3 Å². The largest absolute Gasteiger partial charge is 0.478 e. The quantitative estimate of drug-likeness (QED) is 0.769. The lowest BCUT2D eigenvalue weighted by Gasteiger charge is -2.02. The Kier molecular flexibility index (Phi) is 6.89. The summed E-state index contributed by atoms with van der Waals surface area (Å²) in [6, 6.07) is 3.54. The van der Waals surface area contributed by atoms with Crippen LogP contribution in [0.4, 0.5) is 0 Å². The minimum Gasteiger partial charge on any atom is -0.478 e. The van der Waals surface area contributed by atoms with Crippen molar-refractivity contribution in [1.29, 1.82) is 5.41 Å². The Morgan fingerprint density at radius 2 is 2.20 bits per heavy atom. The van der Waals surface area contributed by atoms with Crippen LogP contribution in [0.3, 0.4) is 0 Å². The van der Waals surface area contributed by atoms with Crippen molar-refractivity contribution in [3.63, 3.8) is 0 Å². The monoisotopic (exact) mass is 206 g/mol. The van der Waals surface area contributed by atoms with Crippen molar-refractivity contribution in [3.05, 3.63) is 36.5 Å². The lowest BCUT2D eigenvalue weighted by molar-refractivity contribution is 0.327. The molecule has 0 saturated heterocycles. The number of nitrogens with one attached hydrogen (secondary N) is 1. The Balaban J connectivity index is 0.000000921. The first-order valence-electron chi connectivity index (χ1n) is 5.08. The smallest absolute Gasteiger partial charge is 0.213 e. The summed E-state index contributed by atoms with van der Waals surface area (Å²) in [7, 11) is 0. The molecule has 0 aliphatic heterocycles. The molecule has 0 aromatic carbocycles. The zero-order valence-electron chi connectivity index (χ0n) is 9.58. The summed E-state index contributed by atoms with van der Waals surface area (Å²) < 4.78 is 5.17. The third-order valence-electron chi connectivity index (χ3n) is 1.54. The molecular weight excluding hydrogens is 188 g/mol. The van der Waals surface area contributed by atoms with E-state index >= 15 is 0 Å². The maximum absolute atomic E-state index is 7.45. The number of ether oxygens (including phenoxy) is 1. The summed E-state index contributed by atoms with van der Waals surface area (Å²) in [5, 5.41) is 7.45. The first-order chi connectivity index (χ1) is 7.27. The Bertz CT molecular complexity index is 304. The lowest BCUT2D eigenvalue weighted by Crippen LogP contribution is -1.97. The molecule has 1 aromatic rings. The van der Waals surface area contributed by atoms with Crippen LogP contribution in [0.15, 0.2) is 31.0 Å². The Hall–Kier alpha value is -1.64. The zero-order valence-corrected chi connectivity index (χ0v) is 9.58. The van der Waals surface area contributed by atoms with E-state index < -0.39 is 0 Å². The standard InChI is InChI=1S/C10H12N2O.C2H6/c1-3-9(11)8-5-6-10(12-7-8)13-4-2;1-2/h3,5-7,11H,1,4H2,2H3;1-2H3. The molecule has 0 atom stereocenters. The molecule has 0 fully saturated rings. The van der Waals surface area contributed by atoms with Gasteiger partial charge in [0, 0.05) is 17.8 Å². The summed E-state index contributed by atoms with van der Waals surface area (Å²) in [6.07, 6.45) is 3.09. The molecule has 1 N–H and O–H groups in total. The van der Waals surface area contributed by atoms with Crippen molar-refractivity contribution in [2.75, 3.05) is 6.61 Å². The molecule has 3 nitrogen and oxygen atoms in total. The van der Waals surface area contributed by atoms with E-state index in [0.29, 0.717) is 18.2 Å². The van der Waals surface area contributed by atoms with E-state index in [4.69, 9.17) is 10.1 Å². The maximum Gasteiger partial charge on any atom is 0.213 e. The fraction of sp³-hybridized carbons (Fsp3) is 0.333.